The topological polar surface area (TPSA) is 78.1 Å². The fraction of sp³-hybridized carbons (Fsp3) is 0. The van der Waals surface area contributed by atoms with E-state index in [1.165, 1.54) is 125 Å². The lowest BCUT2D eigenvalue weighted by Gasteiger charge is -2.15. The first kappa shape index (κ1) is 66.5. The van der Waals surface area contributed by atoms with Crippen LogP contribution in [0, 0.1) is 0 Å². The van der Waals surface area contributed by atoms with E-state index in [0.29, 0.717) is 0 Å². The lowest BCUT2D eigenvalue weighted by molar-refractivity contribution is 0.621. The van der Waals surface area contributed by atoms with E-state index < -0.39 is 0 Å². The molecule has 0 amide bonds. The number of hydrogen-bond acceptors (Lipinski definition) is 6. The van der Waals surface area contributed by atoms with Gasteiger partial charge >= 0.3 is 0 Å². The van der Waals surface area contributed by atoms with E-state index in [-0.39, 0.29) is 0 Å². The number of fused-ring (bicyclic) bond motifs is 21. The minimum Gasteiger partial charge on any atom is -0.455 e. The first-order valence-corrected chi connectivity index (χ1v) is 40.6. The Kier molecular flexibility index (Phi) is 14.7. The second kappa shape index (κ2) is 26.3. The molecule has 0 saturated heterocycles. The van der Waals surface area contributed by atoms with Crippen LogP contribution in [0.1, 0.15) is 0 Å². The Morgan fingerprint density at radius 1 is 0.160 bits per heavy atom. The Labute approximate surface area is 681 Å². The van der Waals surface area contributed by atoms with Gasteiger partial charge in [0.1, 0.15) is 34.0 Å². The lowest BCUT2D eigenvalue weighted by Crippen LogP contribution is -1.90. The summed E-state index contributed by atoms with van der Waals surface area (Å²) in [6.45, 7) is 0. The van der Waals surface area contributed by atoms with E-state index in [4.69, 9.17) is 28.2 Å². The van der Waals surface area contributed by atoms with Crippen LogP contribution in [0.25, 0.3) is 264 Å². The summed E-state index contributed by atoms with van der Waals surface area (Å²) in [6.07, 6.45) is 0. The molecule has 0 aliphatic carbocycles. The molecule has 0 spiro atoms. The molecule has 21 aromatic rings. The van der Waals surface area contributed by atoms with Gasteiger partial charge in [-0.25, -0.2) is 15.0 Å². The van der Waals surface area contributed by atoms with E-state index in [1.807, 2.05) is 72.8 Å². The monoisotopic (exact) mass is 1510 g/mol. The third-order valence-corrected chi connectivity index (χ3v) is 24.8. The van der Waals surface area contributed by atoms with Gasteiger partial charge in [-0.05, 0) is 203 Å². The zero-order valence-corrected chi connectivity index (χ0v) is 64.1. The number of para-hydroxylation sites is 6. The minimum absolute atomic E-state index is 0.840. The Hall–Kier alpha value is -15.9. The van der Waals surface area contributed by atoms with Crippen molar-refractivity contribution in [2.75, 3.05) is 0 Å². The molecule has 0 atom stereocenters. The van der Waals surface area contributed by atoms with Gasteiger partial charge in [0.05, 0.1) is 50.3 Å². The molecule has 6 heterocycles. The van der Waals surface area contributed by atoms with Gasteiger partial charge < -0.3 is 13.3 Å². The first-order chi connectivity index (χ1) is 59.0. The molecule has 119 heavy (non-hydrogen) atoms. The van der Waals surface area contributed by atoms with E-state index in [2.05, 4.69) is 322 Å². The quantitative estimate of drug-likeness (QED) is 0.154. The zero-order chi connectivity index (χ0) is 77.9. The summed E-state index contributed by atoms with van der Waals surface area (Å²) in [5, 5.41) is 29.8. The molecule has 0 unspecified atom stereocenters. The predicted octanol–water partition coefficient (Wildman–Crippen LogP) is 31.5. The molecule has 0 aromatic heterocycles. The van der Waals surface area contributed by atoms with Crippen molar-refractivity contribution in [3.63, 3.8) is 0 Å². The Balaban J connectivity index is 0.0000000992. The summed E-state index contributed by atoms with van der Waals surface area (Å²) >= 11 is 0. The van der Waals surface area contributed by atoms with E-state index in [1.54, 1.807) is 0 Å². The summed E-state index contributed by atoms with van der Waals surface area (Å²) in [5.41, 5.74) is 22.0. The van der Waals surface area contributed by atoms with Gasteiger partial charge in [0.2, 0.25) is 0 Å². The zero-order valence-electron chi connectivity index (χ0n) is 64.1. The highest BCUT2D eigenvalue weighted by Gasteiger charge is 2.28. The molecular formula is C113H65N3O3. The molecule has 550 valence electrons. The van der Waals surface area contributed by atoms with Crippen molar-refractivity contribution in [3.05, 3.63) is 394 Å². The Bertz CT molecular complexity index is 8640. The smallest absolute Gasteiger partial charge is 0.144 e. The van der Waals surface area contributed by atoms with Crippen LogP contribution in [-0.4, -0.2) is 15.0 Å². The van der Waals surface area contributed by atoms with E-state index in [0.717, 1.165) is 139 Å². The van der Waals surface area contributed by atoms with Crippen LogP contribution in [0.2, 0.25) is 0 Å². The molecule has 0 radical (unpaired) electrons. The maximum absolute atomic E-state index is 6.66. The number of nitrogens with zero attached hydrogens (tertiary/aromatic N) is 3. The third-order valence-electron chi connectivity index (χ3n) is 24.8. The summed E-state index contributed by atoms with van der Waals surface area (Å²) < 4.78 is 19.9. The van der Waals surface area contributed by atoms with Crippen LogP contribution in [0.5, 0.6) is 0 Å². The number of benzene rings is 21. The van der Waals surface area contributed by atoms with E-state index >= 15 is 0 Å². The first-order valence-electron chi connectivity index (χ1n) is 40.6. The summed E-state index contributed by atoms with van der Waals surface area (Å²) in [5.74, 6) is 2.57. The van der Waals surface area contributed by atoms with Crippen molar-refractivity contribution in [1.29, 1.82) is 0 Å². The van der Waals surface area contributed by atoms with Gasteiger partial charge in [-0.2, -0.15) is 0 Å². The Morgan fingerprint density at radius 3 is 0.891 bits per heavy atom. The fourth-order valence-electron chi connectivity index (χ4n) is 19.4. The number of aromatic nitrogens is 3. The SMILES string of the molecule is c1cc(-c2ccc3c4ccccc4c4ccccc4c3c2)cc(-c2oc3ccccc3c3nc4ccccc4c2-3)c1.c1cc(-c2oc3ccccc3c3nc4ccccc4c2-3)cc(-c2ccc3ccc4cccc5ccc2c3c45)c1.c1cc2ccc3ccc(-c4ccc(-c5oc6ccccc6c6nc7ccccc7c5-6)cc4)c4ccc(c1)c2c34. The Morgan fingerprint density at radius 2 is 0.445 bits per heavy atom. The second-order valence-electron chi connectivity index (χ2n) is 31.4. The normalized spacial score (nSPS) is 12.0. The number of rotatable bonds is 6. The van der Waals surface area contributed by atoms with Gasteiger partial charge in [-0.15, -0.1) is 0 Å². The van der Waals surface area contributed by atoms with Crippen molar-refractivity contribution in [1.82, 2.24) is 15.0 Å². The molecule has 6 aliphatic rings. The number of hydrogen-bond donors (Lipinski definition) is 0. The largest absolute Gasteiger partial charge is 0.455 e. The highest BCUT2D eigenvalue weighted by Crippen LogP contribution is 2.51. The second-order valence-corrected chi connectivity index (χ2v) is 31.4. The predicted molar refractivity (Wildman–Crippen MR) is 497 cm³/mol. The third kappa shape index (κ3) is 10.4. The van der Waals surface area contributed by atoms with Crippen LogP contribution in [0.15, 0.2) is 408 Å². The van der Waals surface area contributed by atoms with Crippen LogP contribution in [-0.2, 0) is 0 Å². The highest BCUT2D eigenvalue weighted by molar-refractivity contribution is 6.29. The molecule has 0 saturated carbocycles. The van der Waals surface area contributed by atoms with Crippen LogP contribution in [0.4, 0.5) is 0 Å². The summed E-state index contributed by atoms with van der Waals surface area (Å²) in [6, 6.07) is 140. The molecule has 27 rings (SSSR count). The van der Waals surface area contributed by atoms with Gasteiger partial charge in [0.25, 0.3) is 0 Å². The van der Waals surface area contributed by atoms with Gasteiger partial charge in [0, 0.05) is 49.0 Å². The molecule has 6 nitrogen and oxygen atoms in total. The van der Waals surface area contributed by atoms with Crippen molar-refractivity contribution >= 4 is 163 Å². The molecule has 0 bridgehead atoms. The average molecular weight is 1510 g/mol. The van der Waals surface area contributed by atoms with Gasteiger partial charge in [0.15, 0.2) is 0 Å². The fourth-order valence-corrected chi connectivity index (χ4v) is 19.4. The highest BCUT2D eigenvalue weighted by atomic mass is 16.3. The molecular weight excluding hydrogens is 1450 g/mol. The molecule has 0 fully saturated rings. The molecule has 6 aliphatic heterocycles. The van der Waals surface area contributed by atoms with Crippen LogP contribution >= 0.6 is 0 Å². The summed E-state index contributed by atoms with van der Waals surface area (Å²) in [4.78, 5) is 15.1. The molecule has 0 N–H and O–H groups in total. The minimum atomic E-state index is 0.840. The maximum atomic E-state index is 6.66. The maximum Gasteiger partial charge on any atom is 0.144 e. The molecule has 6 heteroatoms. The van der Waals surface area contributed by atoms with Crippen LogP contribution in [0.3, 0.4) is 0 Å². The van der Waals surface area contributed by atoms with Crippen molar-refractivity contribution in [2.24, 2.45) is 0 Å². The average Bonchev–Trinajstić information content (AvgIpc) is 1.25. The van der Waals surface area contributed by atoms with E-state index in [9.17, 15) is 0 Å². The van der Waals surface area contributed by atoms with Gasteiger partial charge in [-0.1, -0.05) is 322 Å². The van der Waals surface area contributed by atoms with Crippen molar-refractivity contribution < 1.29 is 13.3 Å². The lowest BCUT2D eigenvalue weighted by atomic mass is 9.89. The van der Waals surface area contributed by atoms with Crippen molar-refractivity contribution in [3.8, 4) is 101 Å². The van der Waals surface area contributed by atoms with Gasteiger partial charge in [-0.3, -0.25) is 0 Å². The molecule has 21 aromatic carbocycles. The summed E-state index contributed by atoms with van der Waals surface area (Å²) in [7, 11) is 0. The van der Waals surface area contributed by atoms with Crippen LogP contribution < -0.4 is 0 Å². The standard InChI is InChI=1S/C39H23NO.2C37H21NO/c1-2-14-29-27(12-1)28-13-3-4-15-30(28)34-23-25(20-21-31(29)34)24-10-9-11-26(22-24)39-37-32-16-5-7-18-35(32)40-38(37)33-17-6-8-19-36(33)41-39;1-3-13-31-29(11-1)35-36(38-31)30-12-2-4-14-32(30)39-37(35)26-10-6-9-25(21-26)27-19-17-24-16-15-22-7-5-8-23-18-20-28(27)34(24)33(22)23;1-3-10-31-29(8-1)35-36(38-31)30-9-2-4-11-32(30)39-37(35)26-16-12-22(13-17-26)27-20-18-25-15-14-23-6-5-7-24-19-21-28(27)34(25)33(23)24/h1-23H;2*1-21H. The van der Waals surface area contributed by atoms with Crippen molar-refractivity contribution in [2.45, 2.75) is 0 Å².